The van der Waals surface area contributed by atoms with E-state index in [-0.39, 0.29) is 11.7 Å². The van der Waals surface area contributed by atoms with Crippen LogP contribution >= 0.6 is 46.3 Å². The molecule has 28 heavy (non-hydrogen) atoms. The minimum Gasteiger partial charge on any atom is -0.324 e. The van der Waals surface area contributed by atoms with Gasteiger partial charge < -0.3 is 5.32 Å². The molecule has 0 atom stereocenters. The Balaban J connectivity index is 1.50. The van der Waals surface area contributed by atoms with Crippen molar-refractivity contribution in [3.8, 4) is 10.4 Å². The summed E-state index contributed by atoms with van der Waals surface area (Å²) in [5.74, 6) is 0.0428. The molecule has 2 heterocycles. The van der Waals surface area contributed by atoms with Crippen LogP contribution in [0.2, 0.25) is 10.0 Å². The Morgan fingerprint density at radius 3 is 2.68 bits per heavy atom. The summed E-state index contributed by atoms with van der Waals surface area (Å²) in [5, 5.41) is 5.45. The number of amides is 1. The molecule has 8 heteroatoms. The maximum atomic E-state index is 12.3. The zero-order valence-corrected chi connectivity index (χ0v) is 17.5. The minimum atomic E-state index is -0.167. The van der Waals surface area contributed by atoms with Crippen LogP contribution in [0.5, 0.6) is 0 Å². The number of aromatic nitrogens is 2. The molecule has 0 bridgehead atoms. The molecule has 140 valence electrons. The molecular formula is C20H13Cl2N3OS2. The van der Waals surface area contributed by atoms with E-state index in [4.69, 9.17) is 23.2 Å². The van der Waals surface area contributed by atoms with Crippen LogP contribution in [-0.2, 0) is 4.79 Å². The van der Waals surface area contributed by atoms with Gasteiger partial charge in [0.05, 0.1) is 16.5 Å². The SMILES string of the molecule is O=C(CSc1ncnc2sc(-c3ccccc3)cc12)Nc1ccc(Cl)cc1Cl. The maximum Gasteiger partial charge on any atom is 0.234 e. The number of nitrogens with zero attached hydrogens (tertiary/aromatic N) is 2. The molecule has 2 aromatic carbocycles. The first kappa shape index (κ1) is 19.2. The van der Waals surface area contributed by atoms with Crippen LogP contribution in [0.4, 0.5) is 5.69 Å². The van der Waals surface area contributed by atoms with Gasteiger partial charge in [0, 0.05) is 15.3 Å². The smallest absolute Gasteiger partial charge is 0.234 e. The van der Waals surface area contributed by atoms with E-state index in [0.717, 1.165) is 25.7 Å². The van der Waals surface area contributed by atoms with Gasteiger partial charge in [0.15, 0.2) is 0 Å². The second kappa shape index (κ2) is 8.49. The number of thiophene rings is 1. The van der Waals surface area contributed by atoms with E-state index >= 15 is 0 Å². The molecule has 0 saturated heterocycles. The predicted molar refractivity (Wildman–Crippen MR) is 119 cm³/mol. The highest BCUT2D eigenvalue weighted by molar-refractivity contribution is 8.00. The average Bonchev–Trinajstić information content (AvgIpc) is 3.14. The first-order valence-corrected chi connectivity index (χ1v) is 10.8. The van der Waals surface area contributed by atoms with Crippen LogP contribution in [0.25, 0.3) is 20.7 Å². The molecular weight excluding hydrogens is 433 g/mol. The summed E-state index contributed by atoms with van der Waals surface area (Å²) in [7, 11) is 0. The van der Waals surface area contributed by atoms with E-state index < -0.39 is 0 Å². The molecule has 4 rings (SSSR count). The fourth-order valence-electron chi connectivity index (χ4n) is 2.60. The molecule has 0 radical (unpaired) electrons. The summed E-state index contributed by atoms with van der Waals surface area (Å²) in [4.78, 5) is 23.1. The van der Waals surface area contributed by atoms with Crippen LogP contribution in [0, 0.1) is 0 Å². The summed E-state index contributed by atoms with van der Waals surface area (Å²) in [6.45, 7) is 0. The molecule has 1 amide bonds. The molecule has 0 aliphatic heterocycles. The maximum absolute atomic E-state index is 12.3. The van der Waals surface area contributed by atoms with Gasteiger partial charge in [-0.3, -0.25) is 4.79 Å². The van der Waals surface area contributed by atoms with Gasteiger partial charge in [0.2, 0.25) is 5.91 Å². The number of benzene rings is 2. The third-order valence-corrected chi connectivity index (χ3v) is 6.54. The Morgan fingerprint density at radius 1 is 1.07 bits per heavy atom. The fraction of sp³-hybridized carbons (Fsp3) is 0.0500. The van der Waals surface area contributed by atoms with Gasteiger partial charge in [-0.25, -0.2) is 9.97 Å². The van der Waals surface area contributed by atoms with Gasteiger partial charge in [0.1, 0.15) is 16.2 Å². The lowest BCUT2D eigenvalue weighted by Gasteiger charge is -2.07. The molecule has 2 aromatic heterocycles. The van der Waals surface area contributed by atoms with Crippen molar-refractivity contribution in [1.82, 2.24) is 9.97 Å². The average molecular weight is 446 g/mol. The summed E-state index contributed by atoms with van der Waals surface area (Å²) < 4.78 is 0. The number of fused-ring (bicyclic) bond motifs is 1. The van der Waals surface area contributed by atoms with Gasteiger partial charge in [-0.2, -0.15) is 0 Å². The Kier molecular flexibility index (Phi) is 5.82. The van der Waals surface area contributed by atoms with Gasteiger partial charge >= 0.3 is 0 Å². The lowest BCUT2D eigenvalue weighted by atomic mass is 10.2. The minimum absolute atomic E-state index is 0.167. The molecule has 0 unspecified atom stereocenters. The van der Waals surface area contributed by atoms with Gasteiger partial charge in [-0.15, -0.1) is 11.3 Å². The number of anilines is 1. The standard InChI is InChI=1S/C20H13Cl2N3OS2/c21-13-6-7-16(15(22)8-13)25-18(26)10-27-19-14-9-17(12-4-2-1-3-5-12)28-20(14)24-11-23-19/h1-9,11H,10H2,(H,25,26). The summed E-state index contributed by atoms with van der Waals surface area (Å²) >= 11 is 15.0. The summed E-state index contributed by atoms with van der Waals surface area (Å²) in [6.07, 6.45) is 1.53. The number of carbonyl (C=O) groups excluding carboxylic acids is 1. The molecule has 4 nitrogen and oxygen atoms in total. The number of carbonyl (C=O) groups is 1. The van der Waals surface area contributed by atoms with Crippen molar-refractivity contribution in [2.45, 2.75) is 5.03 Å². The number of hydrogen-bond acceptors (Lipinski definition) is 5. The van der Waals surface area contributed by atoms with Crippen LogP contribution in [0.3, 0.4) is 0 Å². The number of hydrogen-bond donors (Lipinski definition) is 1. The largest absolute Gasteiger partial charge is 0.324 e. The Morgan fingerprint density at radius 2 is 1.89 bits per heavy atom. The van der Waals surface area contributed by atoms with Gasteiger partial charge in [-0.1, -0.05) is 65.3 Å². The first-order chi connectivity index (χ1) is 13.6. The van der Waals surface area contributed by atoms with Crippen molar-refractivity contribution < 1.29 is 4.79 Å². The third-order valence-electron chi connectivity index (χ3n) is 3.90. The van der Waals surface area contributed by atoms with E-state index in [1.54, 1.807) is 29.5 Å². The monoisotopic (exact) mass is 445 g/mol. The lowest BCUT2D eigenvalue weighted by Crippen LogP contribution is -2.14. The van der Waals surface area contributed by atoms with Gasteiger partial charge in [0.25, 0.3) is 0 Å². The van der Waals surface area contributed by atoms with Crippen LogP contribution < -0.4 is 5.32 Å². The highest BCUT2D eigenvalue weighted by Crippen LogP contribution is 2.36. The predicted octanol–water partition coefficient (Wildman–Crippen LogP) is 6.40. The Labute approximate surface area is 179 Å². The number of thioether (sulfide) groups is 1. The zero-order valence-electron chi connectivity index (χ0n) is 14.4. The highest BCUT2D eigenvalue weighted by Gasteiger charge is 2.13. The first-order valence-electron chi connectivity index (χ1n) is 8.28. The fourth-order valence-corrected chi connectivity index (χ4v) is 4.90. The summed E-state index contributed by atoms with van der Waals surface area (Å²) in [5.41, 5.74) is 1.67. The molecule has 0 aliphatic rings. The molecule has 1 N–H and O–H groups in total. The van der Waals surface area contributed by atoms with Crippen LogP contribution in [0.15, 0.2) is 66.0 Å². The van der Waals surface area contributed by atoms with Crippen molar-refractivity contribution in [2.24, 2.45) is 0 Å². The molecule has 4 aromatic rings. The topological polar surface area (TPSA) is 54.9 Å². The van der Waals surface area contributed by atoms with Crippen LogP contribution in [-0.4, -0.2) is 21.6 Å². The Hall–Kier alpha value is -2.12. The number of halogens is 2. The third kappa shape index (κ3) is 4.31. The van der Waals surface area contributed by atoms with E-state index in [9.17, 15) is 4.79 Å². The number of nitrogens with one attached hydrogen (secondary N) is 1. The number of rotatable bonds is 5. The normalized spacial score (nSPS) is 10.9. The van der Waals surface area contributed by atoms with Crippen molar-refractivity contribution in [1.29, 1.82) is 0 Å². The van der Waals surface area contributed by atoms with Crippen molar-refractivity contribution in [2.75, 3.05) is 11.1 Å². The van der Waals surface area contributed by atoms with E-state index in [0.29, 0.717) is 15.7 Å². The molecule has 0 spiro atoms. The van der Waals surface area contributed by atoms with Crippen molar-refractivity contribution in [3.63, 3.8) is 0 Å². The molecule has 0 fully saturated rings. The van der Waals surface area contributed by atoms with Crippen molar-refractivity contribution in [3.05, 3.63) is 71.0 Å². The Bertz CT molecular complexity index is 1150. The molecule has 0 aliphatic carbocycles. The van der Waals surface area contributed by atoms with Crippen molar-refractivity contribution >= 4 is 68.1 Å². The van der Waals surface area contributed by atoms with Gasteiger partial charge in [-0.05, 0) is 29.8 Å². The van der Waals surface area contributed by atoms with Crippen LogP contribution in [0.1, 0.15) is 0 Å². The quantitative estimate of drug-likeness (QED) is 0.285. The highest BCUT2D eigenvalue weighted by atomic mass is 35.5. The summed E-state index contributed by atoms with van der Waals surface area (Å²) in [6, 6.07) is 17.2. The zero-order chi connectivity index (χ0) is 19.5. The second-order valence-corrected chi connectivity index (χ2v) is 8.67. The lowest BCUT2D eigenvalue weighted by molar-refractivity contribution is -0.113. The van der Waals surface area contributed by atoms with E-state index in [1.807, 2.05) is 18.2 Å². The molecule has 0 saturated carbocycles. The van der Waals surface area contributed by atoms with E-state index in [2.05, 4.69) is 33.5 Å². The second-order valence-electron chi connectivity index (χ2n) is 5.84. The van der Waals surface area contributed by atoms with E-state index in [1.165, 1.54) is 18.1 Å².